The highest BCUT2D eigenvalue weighted by molar-refractivity contribution is 5.69. The predicted octanol–water partition coefficient (Wildman–Crippen LogP) is 5.29. The van der Waals surface area contributed by atoms with E-state index < -0.39 is 5.60 Å². The van der Waals surface area contributed by atoms with Gasteiger partial charge in [-0.25, -0.2) is 4.79 Å². The largest absolute Gasteiger partial charge is 0.444 e. The summed E-state index contributed by atoms with van der Waals surface area (Å²) in [5, 5.41) is 0. The molecule has 0 radical (unpaired) electrons. The van der Waals surface area contributed by atoms with Gasteiger partial charge in [-0.3, -0.25) is 0 Å². The molecule has 0 unspecified atom stereocenters. The zero-order valence-corrected chi connectivity index (χ0v) is 18.9. The van der Waals surface area contributed by atoms with E-state index in [-0.39, 0.29) is 17.6 Å². The van der Waals surface area contributed by atoms with Gasteiger partial charge in [0.15, 0.2) is 0 Å². The van der Waals surface area contributed by atoms with Crippen LogP contribution in [0, 0.1) is 10.8 Å². The topological polar surface area (TPSA) is 32.8 Å². The number of nitrogens with zero attached hydrogens (tertiary/aromatic N) is 2. The van der Waals surface area contributed by atoms with E-state index in [9.17, 15) is 4.79 Å². The fourth-order valence-corrected chi connectivity index (χ4v) is 4.96. The van der Waals surface area contributed by atoms with Crippen molar-refractivity contribution in [1.82, 2.24) is 9.80 Å². The molecule has 0 bridgehead atoms. The number of rotatable bonds is 6. The Morgan fingerprint density at radius 1 is 1.17 bits per heavy atom. The lowest BCUT2D eigenvalue weighted by atomic mass is 9.93. The smallest absolute Gasteiger partial charge is 0.410 e. The first-order chi connectivity index (χ1) is 13.6. The van der Waals surface area contributed by atoms with E-state index in [1.54, 1.807) is 0 Å². The van der Waals surface area contributed by atoms with Crippen molar-refractivity contribution in [3.63, 3.8) is 0 Å². The van der Waals surface area contributed by atoms with Crippen LogP contribution in [0.3, 0.4) is 0 Å². The monoisotopic (exact) mass is 398 g/mol. The highest BCUT2D eigenvalue weighted by atomic mass is 16.6. The van der Waals surface area contributed by atoms with Gasteiger partial charge in [-0.2, -0.15) is 0 Å². The molecule has 0 N–H and O–H groups in total. The molecule has 1 aliphatic heterocycles. The highest BCUT2D eigenvalue weighted by Gasteiger charge is 2.53. The van der Waals surface area contributed by atoms with E-state index >= 15 is 0 Å². The maximum Gasteiger partial charge on any atom is 0.410 e. The summed E-state index contributed by atoms with van der Waals surface area (Å²) in [6.45, 7) is 15.0. The average molecular weight is 399 g/mol. The van der Waals surface area contributed by atoms with E-state index in [0.29, 0.717) is 11.3 Å². The Balaban J connectivity index is 1.45. The number of carbonyl (C=O) groups is 1. The van der Waals surface area contributed by atoms with E-state index in [1.165, 1.54) is 37.9 Å². The zero-order chi connectivity index (χ0) is 20.9. The Bertz CT molecular complexity index is 733. The van der Waals surface area contributed by atoms with Crippen LogP contribution in [0.25, 0.3) is 0 Å². The molecule has 1 aromatic carbocycles. The zero-order valence-electron chi connectivity index (χ0n) is 18.9. The Labute approximate surface area is 176 Å². The van der Waals surface area contributed by atoms with Gasteiger partial charge in [0, 0.05) is 37.0 Å². The SMILES string of the molecule is CC1(C)CCN(CC2(CN(C(=O)OC(C)(C)C)[C@H]3C[C@@H]3c3ccccc3)CC2)C1. The third kappa shape index (κ3) is 5.14. The fourth-order valence-electron chi connectivity index (χ4n) is 4.96. The third-order valence-corrected chi connectivity index (χ3v) is 6.79. The molecule has 1 heterocycles. The van der Waals surface area contributed by atoms with Gasteiger partial charge in [-0.05, 0) is 64.0 Å². The lowest BCUT2D eigenvalue weighted by Gasteiger charge is -2.33. The minimum atomic E-state index is -0.456. The number of benzene rings is 1. The minimum absolute atomic E-state index is 0.131. The van der Waals surface area contributed by atoms with Crippen molar-refractivity contribution in [2.24, 2.45) is 10.8 Å². The second kappa shape index (κ2) is 7.30. The molecule has 2 aliphatic carbocycles. The van der Waals surface area contributed by atoms with Crippen molar-refractivity contribution in [2.75, 3.05) is 26.2 Å². The van der Waals surface area contributed by atoms with Crippen molar-refractivity contribution in [3.05, 3.63) is 35.9 Å². The molecule has 2 atom stereocenters. The quantitative estimate of drug-likeness (QED) is 0.652. The van der Waals surface area contributed by atoms with Crippen LogP contribution in [0.2, 0.25) is 0 Å². The summed E-state index contributed by atoms with van der Waals surface area (Å²) in [4.78, 5) is 17.9. The second-order valence-corrected chi connectivity index (χ2v) is 11.6. The van der Waals surface area contributed by atoms with Crippen molar-refractivity contribution in [2.45, 2.75) is 77.9 Å². The van der Waals surface area contributed by atoms with E-state index in [0.717, 1.165) is 19.5 Å². The first kappa shape index (κ1) is 20.7. The predicted molar refractivity (Wildman–Crippen MR) is 117 cm³/mol. The van der Waals surface area contributed by atoms with Gasteiger partial charge in [-0.15, -0.1) is 0 Å². The van der Waals surface area contributed by atoms with Crippen LogP contribution in [0.1, 0.15) is 71.8 Å². The maximum absolute atomic E-state index is 13.2. The van der Waals surface area contributed by atoms with Gasteiger partial charge in [0.05, 0.1) is 0 Å². The van der Waals surface area contributed by atoms with Crippen LogP contribution < -0.4 is 0 Å². The van der Waals surface area contributed by atoms with Gasteiger partial charge >= 0.3 is 6.09 Å². The first-order valence-electron chi connectivity index (χ1n) is 11.3. The molecule has 0 aromatic heterocycles. The van der Waals surface area contributed by atoms with Crippen LogP contribution in [0.4, 0.5) is 4.79 Å². The summed E-state index contributed by atoms with van der Waals surface area (Å²) in [6.07, 6.45) is 4.65. The lowest BCUT2D eigenvalue weighted by molar-refractivity contribution is 0.0173. The number of amides is 1. The Hall–Kier alpha value is -1.55. The summed E-state index contributed by atoms with van der Waals surface area (Å²) in [5.74, 6) is 0.449. The van der Waals surface area contributed by atoms with E-state index in [2.05, 4.69) is 54.0 Å². The summed E-state index contributed by atoms with van der Waals surface area (Å²) in [6, 6.07) is 10.9. The molecular weight excluding hydrogens is 360 g/mol. The number of hydrogen-bond acceptors (Lipinski definition) is 3. The van der Waals surface area contributed by atoms with Gasteiger partial charge in [0.2, 0.25) is 0 Å². The van der Waals surface area contributed by atoms with Crippen molar-refractivity contribution in [1.29, 1.82) is 0 Å². The van der Waals surface area contributed by atoms with Crippen molar-refractivity contribution in [3.8, 4) is 0 Å². The minimum Gasteiger partial charge on any atom is -0.444 e. The molecule has 160 valence electrons. The maximum atomic E-state index is 13.2. The molecule has 0 spiro atoms. The summed E-state index contributed by atoms with van der Waals surface area (Å²) >= 11 is 0. The molecule has 1 aromatic rings. The van der Waals surface area contributed by atoms with Crippen LogP contribution in [-0.2, 0) is 4.74 Å². The number of carbonyl (C=O) groups excluding carboxylic acids is 1. The van der Waals surface area contributed by atoms with Gasteiger partial charge in [0.1, 0.15) is 5.60 Å². The Morgan fingerprint density at radius 2 is 1.86 bits per heavy atom. The molecule has 4 rings (SSSR count). The van der Waals surface area contributed by atoms with Gasteiger partial charge < -0.3 is 14.5 Å². The van der Waals surface area contributed by atoms with Crippen molar-refractivity contribution >= 4 is 6.09 Å². The average Bonchev–Trinajstić information content (AvgIpc) is 3.52. The van der Waals surface area contributed by atoms with E-state index in [1.807, 2.05) is 20.8 Å². The molecular formula is C25H38N2O2. The van der Waals surface area contributed by atoms with Crippen LogP contribution in [0.5, 0.6) is 0 Å². The molecule has 3 aliphatic rings. The number of ether oxygens (including phenoxy) is 1. The molecule has 29 heavy (non-hydrogen) atoms. The third-order valence-electron chi connectivity index (χ3n) is 6.79. The van der Waals surface area contributed by atoms with E-state index in [4.69, 9.17) is 4.74 Å². The Morgan fingerprint density at radius 3 is 2.41 bits per heavy atom. The fraction of sp³-hybridized carbons (Fsp3) is 0.720. The Kier molecular flexibility index (Phi) is 5.21. The molecule has 1 saturated heterocycles. The number of likely N-dealkylation sites (tertiary alicyclic amines) is 1. The molecule has 2 saturated carbocycles. The molecule has 4 nitrogen and oxygen atoms in total. The summed E-state index contributed by atoms with van der Waals surface area (Å²) in [5.41, 5.74) is 1.58. The van der Waals surface area contributed by atoms with Crippen LogP contribution in [0.15, 0.2) is 30.3 Å². The summed E-state index contributed by atoms with van der Waals surface area (Å²) < 4.78 is 5.84. The lowest BCUT2D eigenvalue weighted by Crippen LogP contribution is -2.44. The second-order valence-electron chi connectivity index (χ2n) is 11.6. The highest BCUT2D eigenvalue weighted by Crippen LogP contribution is 2.52. The van der Waals surface area contributed by atoms with Gasteiger partial charge in [-0.1, -0.05) is 44.2 Å². The van der Waals surface area contributed by atoms with Gasteiger partial charge in [0.25, 0.3) is 0 Å². The van der Waals surface area contributed by atoms with Crippen molar-refractivity contribution < 1.29 is 9.53 Å². The molecule has 3 fully saturated rings. The normalized spacial score (nSPS) is 27.5. The standard InChI is InChI=1S/C25H38N2O2/c1-23(2,3)29-22(28)27(21-15-20(21)19-9-7-6-8-10-19)18-25(11-12-25)17-26-14-13-24(4,5)16-26/h6-10,20-21H,11-18H2,1-5H3/t20-,21+/m1/s1. The summed E-state index contributed by atoms with van der Waals surface area (Å²) in [7, 11) is 0. The van der Waals surface area contributed by atoms with Crippen LogP contribution in [-0.4, -0.2) is 53.7 Å². The number of hydrogen-bond donors (Lipinski definition) is 0. The van der Waals surface area contributed by atoms with Crippen LogP contribution >= 0.6 is 0 Å². The molecule has 4 heteroatoms. The molecule has 1 amide bonds. The first-order valence-corrected chi connectivity index (χ1v) is 11.3.